The molecular formula is C30H26. The zero-order valence-corrected chi connectivity index (χ0v) is 17.6. The highest BCUT2D eigenvalue weighted by atomic mass is 14.1. The molecule has 4 aromatic rings. The van der Waals surface area contributed by atoms with Crippen LogP contribution in [0.4, 0.5) is 0 Å². The van der Waals surface area contributed by atoms with Crippen LogP contribution in [0.3, 0.4) is 0 Å². The van der Waals surface area contributed by atoms with Gasteiger partial charge in [0.2, 0.25) is 0 Å². The monoisotopic (exact) mass is 386 g/mol. The summed E-state index contributed by atoms with van der Waals surface area (Å²) < 4.78 is 0. The average molecular weight is 387 g/mol. The second-order valence-electron chi connectivity index (χ2n) is 7.57. The molecule has 0 aliphatic carbocycles. The summed E-state index contributed by atoms with van der Waals surface area (Å²) in [7, 11) is 0. The van der Waals surface area contributed by atoms with Gasteiger partial charge in [-0.05, 0) is 64.4 Å². The molecule has 0 saturated heterocycles. The molecule has 0 nitrogen and oxygen atoms in total. The van der Waals surface area contributed by atoms with Crippen LogP contribution in [-0.4, -0.2) is 0 Å². The van der Waals surface area contributed by atoms with Crippen LogP contribution in [0.2, 0.25) is 0 Å². The van der Waals surface area contributed by atoms with E-state index < -0.39 is 0 Å². The lowest BCUT2D eigenvalue weighted by atomic mass is 9.91. The largest absolute Gasteiger partial charge is 0.0985 e. The minimum Gasteiger partial charge on any atom is -0.0985 e. The lowest BCUT2D eigenvalue weighted by Gasteiger charge is -2.13. The number of hydrogen-bond donors (Lipinski definition) is 0. The molecule has 0 bridgehead atoms. The van der Waals surface area contributed by atoms with Crippen LogP contribution in [-0.2, 0) is 0 Å². The Labute approximate surface area is 179 Å². The third-order valence-electron chi connectivity index (χ3n) is 5.44. The van der Waals surface area contributed by atoms with Gasteiger partial charge in [0.25, 0.3) is 0 Å². The van der Waals surface area contributed by atoms with Gasteiger partial charge >= 0.3 is 0 Å². The van der Waals surface area contributed by atoms with Crippen molar-refractivity contribution >= 4 is 12.2 Å². The van der Waals surface area contributed by atoms with Gasteiger partial charge in [0.15, 0.2) is 0 Å². The lowest BCUT2D eigenvalue weighted by Crippen LogP contribution is -1.88. The van der Waals surface area contributed by atoms with Gasteiger partial charge in [0.1, 0.15) is 0 Å². The number of benzene rings is 4. The van der Waals surface area contributed by atoms with Crippen molar-refractivity contribution in [3.05, 3.63) is 120 Å². The summed E-state index contributed by atoms with van der Waals surface area (Å²) in [6.45, 7) is 8.03. The molecule has 0 spiro atoms. The molecule has 0 fully saturated rings. The Hall–Kier alpha value is -3.64. The molecule has 0 N–H and O–H groups in total. The first-order chi connectivity index (χ1) is 14.7. The van der Waals surface area contributed by atoms with E-state index in [0.717, 1.165) is 5.56 Å². The Morgan fingerprint density at radius 3 is 1.67 bits per heavy atom. The quantitative estimate of drug-likeness (QED) is 0.322. The maximum absolute atomic E-state index is 3.86. The van der Waals surface area contributed by atoms with Gasteiger partial charge in [0.05, 0.1) is 0 Å². The highest BCUT2D eigenvalue weighted by Crippen LogP contribution is 2.35. The van der Waals surface area contributed by atoms with Gasteiger partial charge in [-0.3, -0.25) is 0 Å². The summed E-state index contributed by atoms with van der Waals surface area (Å²) in [5.74, 6) is 0. The molecule has 0 heteroatoms. The van der Waals surface area contributed by atoms with Gasteiger partial charge in [-0.15, -0.1) is 0 Å². The van der Waals surface area contributed by atoms with E-state index in [2.05, 4.69) is 124 Å². The van der Waals surface area contributed by atoms with Crippen LogP contribution in [0.1, 0.15) is 23.6 Å². The first-order valence-electron chi connectivity index (χ1n) is 10.3. The summed E-state index contributed by atoms with van der Waals surface area (Å²) in [5, 5.41) is 0. The minimum atomic E-state index is 1.13. The molecule has 4 rings (SSSR count). The van der Waals surface area contributed by atoms with E-state index in [1.54, 1.807) is 0 Å². The topological polar surface area (TPSA) is 0 Å². The minimum absolute atomic E-state index is 1.13. The normalized spacial score (nSPS) is 11.0. The molecule has 0 saturated carbocycles. The number of allylic oxidation sites excluding steroid dienone is 1. The van der Waals surface area contributed by atoms with Crippen LogP contribution >= 0.6 is 0 Å². The van der Waals surface area contributed by atoms with Gasteiger partial charge in [0, 0.05) is 0 Å². The van der Waals surface area contributed by atoms with E-state index in [-0.39, 0.29) is 0 Å². The number of aryl methyl sites for hydroxylation is 1. The van der Waals surface area contributed by atoms with E-state index in [9.17, 15) is 0 Å². The fourth-order valence-corrected chi connectivity index (χ4v) is 3.74. The van der Waals surface area contributed by atoms with E-state index >= 15 is 0 Å². The van der Waals surface area contributed by atoms with Crippen LogP contribution in [0, 0.1) is 6.92 Å². The first kappa shape index (κ1) is 19.7. The zero-order chi connectivity index (χ0) is 20.9. The van der Waals surface area contributed by atoms with Crippen molar-refractivity contribution in [3.63, 3.8) is 0 Å². The molecule has 0 amide bonds. The standard InChI is InChI=1S/C30H26/c1-4-6-24-11-20-29(27-14-9-23(5-2)10-15-27)30(21-24)28-18-16-26(17-19-28)25-12-7-22(3)8-13-25/h4-21H,2H2,1,3H3/b6-4-. The maximum atomic E-state index is 3.86. The van der Waals surface area contributed by atoms with E-state index in [4.69, 9.17) is 0 Å². The lowest BCUT2D eigenvalue weighted by molar-refractivity contribution is 1.47. The Balaban J connectivity index is 1.78. The number of rotatable bonds is 5. The summed E-state index contributed by atoms with van der Waals surface area (Å²) in [6, 6.07) is 32.8. The molecule has 30 heavy (non-hydrogen) atoms. The van der Waals surface area contributed by atoms with Crippen molar-refractivity contribution in [1.29, 1.82) is 0 Å². The fraction of sp³-hybridized carbons (Fsp3) is 0.0667. The summed E-state index contributed by atoms with van der Waals surface area (Å²) in [5.41, 5.74) is 11.0. The van der Waals surface area contributed by atoms with Crippen molar-refractivity contribution < 1.29 is 0 Å². The summed E-state index contributed by atoms with van der Waals surface area (Å²) >= 11 is 0. The first-order valence-corrected chi connectivity index (χ1v) is 10.3. The molecule has 0 atom stereocenters. The predicted octanol–water partition coefficient (Wildman–Crippen LogP) is 8.67. The molecule has 0 radical (unpaired) electrons. The molecule has 0 aromatic heterocycles. The summed E-state index contributed by atoms with van der Waals surface area (Å²) in [4.78, 5) is 0. The third-order valence-corrected chi connectivity index (χ3v) is 5.44. The fourth-order valence-electron chi connectivity index (χ4n) is 3.74. The average Bonchev–Trinajstić information content (AvgIpc) is 2.80. The Kier molecular flexibility index (Phi) is 5.77. The van der Waals surface area contributed by atoms with Gasteiger partial charge in [-0.1, -0.05) is 115 Å². The van der Waals surface area contributed by atoms with Crippen molar-refractivity contribution in [2.24, 2.45) is 0 Å². The SMILES string of the molecule is C=Cc1ccc(-c2ccc(/C=C\C)cc2-c2ccc(-c3ccc(C)cc3)cc2)cc1. The third kappa shape index (κ3) is 4.18. The van der Waals surface area contributed by atoms with Gasteiger partial charge in [-0.25, -0.2) is 0 Å². The molecule has 0 aliphatic rings. The second kappa shape index (κ2) is 8.80. The van der Waals surface area contributed by atoms with Crippen LogP contribution < -0.4 is 0 Å². The molecule has 0 unspecified atom stereocenters. The predicted molar refractivity (Wildman–Crippen MR) is 132 cm³/mol. The van der Waals surface area contributed by atoms with E-state index in [1.165, 1.54) is 44.5 Å². The smallest absolute Gasteiger partial charge is 0.00995 e. The second-order valence-corrected chi connectivity index (χ2v) is 7.57. The van der Waals surface area contributed by atoms with Crippen LogP contribution in [0.5, 0.6) is 0 Å². The van der Waals surface area contributed by atoms with Crippen molar-refractivity contribution in [3.8, 4) is 33.4 Å². The number of hydrogen-bond acceptors (Lipinski definition) is 0. The highest BCUT2D eigenvalue weighted by molar-refractivity contribution is 5.86. The molecule has 0 aliphatic heterocycles. The van der Waals surface area contributed by atoms with Crippen molar-refractivity contribution in [1.82, 2.24) is 0 Å². The molecule has 4 aromatic carbocycles. The van der Waals surface area contributed by atoms with Gasteiger partial charge < -0.3 is 0 Å². The van der Waals surface area contributed by atoms with Crippen LogP contribution in [0.15, 0.2) is 104 Å². The van der Waals surface area contributed by atoms with E-state index in [0.29, 0.717) is 0 Å². The zero-order valence-electron chi connectivity index (χ0n) is 17.6. The molecule has 146 valence electrons. The van der Waals surface area contributed by atoms with Crippen LogP contribution in [0.25, 0.3) is 45.5 Å². The Bertz CT molecular complexity index is 1170. The maximum Gasteiger partial charge on any atom is -0.00995 e. The molecular weight excluding hydrogens is 360 g/mol. The molecule has 0 heterocycles. The van der Waals surface area contributed by atoms with Gasteiger partial charge in [-0.2, -0.15) is 0 Å². The van der Waals surface area contributed by atoms with Crippen molar-refractivity contribution in [2.45, 2.75) is 13.8 Å². The highest BCUT2D eigenvalue weighted by Gasteiger charge is 2.09. The summed E-state index contributed by atoms with van der Waals surface area (Å²) in [6.07, 6.45) is 6.11. The Morgan fingerprint density at radius 1 is 0.567 bits per heavy atom. The van der Waals surface area contributed by atoms with E-state index in [1.807, 2.05) is 6.08 Å². The Morgan fingerprint density at radius 2 is 1.07 bits per heavy atom. The van der Waals surface area contributed by atoms with Crippen molar-refractivity contribution in [2.75, 3.05) is 0 Å².